The topological polar surface area (TPSA) is 81.5 Å². The highest BCUT2D eigenvalue weighted by Gasteiger charge is 2.30. The fourth-order valence-electron chi connectivity index (χ4n) is 2.79. The number of nitriles is 1. The molecule has 0 N–H and O–H groups in total. The summed E-state index contributed by atoms with van der Waals surface area (Å²) >= 11 is 2.16. The molecule has 6 nitrogen and oxygen atoms in total. The van der Waals surface area contributed by atoms with Crippen LogP contribution in [0.1, 0.15) is 15.9 Å². The maximum Gasteiger partial charge on any atom is 0.253 e. The summed E-state index contributed by atoms with van der Waals surface area (Å²) < 4.78 is 27.8. The van der Waals surface area contributed by atoms with Crippen LogP contribution < -0.4 is 0 Å². The smallest absolute Gasteiger partial charge is 0.253 e. The van der Waals surface area contributed by atoms with Gasteiger partial charge in [-0.3, -0.25) is 4.79 Å². The van der Waals surface area contributed by atoms with Crippen LogP contribution >= 0.6 is 22.6 Å². The molecule has 0 atom stereocenters. The summed E-state index contributed by atoms with van der Waals surface area (Å²) in [6, 6.07) is 15.2. The molecule has 0 aromatic heterocycles. The normalized spacial score (nSPS) is 15.5. The second-order valence-electron chi connectivity index (χ2n) is 5.84. The number of piperazine rings is 1. The van der Waals surface area contributed by atoms with Gasteiger partial charge in [-0.25, -0.2) is 8.42 Å². The van der Waals surface area contributed by atoms with Crippen LogP contribution in [0.5, 0.6) is 0 Å². The van der Waals surface area contributed by atoms with Gasteiger partial charge in [0.1, 0.15) is 0 Å². The Morgan fingerprint density at radius 1 is 1.04 bits per heavy atom. The number of rotatable bonds is 3. The number of hydrogen-bond donors (Lipinski definition) is 0. The first kappa shape index (κ1) is 18.8. The predicted molar refractivity (Wildman–Crippen MR) is 105 cm³/mol. The number of carbonyl (C=O) groups excluding carboxylic acids is 1. The van der Waals surface area contributed by atoms with Gasteiger partial charge in [-0.2, -0.15) is 9.57 Å². The van der Waals surface area contributed by atoms with Crippen LogP contribution in [0.15, 0.2) is 53.4 Å². The molecule has 0 saturated carbocycles. The molecule has 0 bridgehead atoms. The maximum absolute atomic E-state index is 12.7. The summed E-state index contributed by atoms with van der Waals surface area (Å²) in [7, 11) is -3.62. The van der Waals surface area contributed by atoms with Gasteiger partial charge in [0.25, 0.3) is 5.91 Å². The third kappa shape index (κ3) is 3.90. The van der Waals surface area contributed by atoms with Crippen molar-refractivity contribution < 1.29 is 13.2 Å². The van der Waals surface area contributed by atoms with E-state index in [1.54, 1.807) is 11.0 Å². The third-order valence-electron chi connectivity index (χ3n) is 4.22. The summed E-state index contributed by atoms with van der Waals surface area (Å²) in [5, 5.41) is 8.82. The first-order valence-electron chi connectivity index (χ1n) is 7.97. The maximum atomic E-state index is 12.7. The minimum Gasteiger partial charge on any atom is -0.336 e. The van der Waals surface area contributed by atoms with Crippen molar-refractivity contribution in [2.75, 3.05) is 26.2 Å². The molecule has 0 spiro atoms. The Morgan fingerprint density at radius 2 is 1.69 bits per heavy atom. The SMILES string of the molecule is N#Cc1ccc(S(=O)(=O)N2CCN(C(=O)c3cccc(I)c3)CC2)cc1. The van der Waals surface area contributed by atoms with Gasteiger partial charge < -0.3 is 4.90 Å². The summed E-state index contributed by atoms with van der Waals surface area (Å²) in [6.07, 6.45) is 0. The molecule has 1 heterocycles. The average Bonchev–Trinajstić information content (AvgIpc) is 2.67. The van der Waals surface area contributed by atoms with Gasteiger partial charge in [0.2, 0.25) is 10.0 Å². The number of halogens is 1. The van der Waals surface area contributed by atoms with E-state index in [-0.39, 0.29) is 23.9 Å². The number of amides is 1. The average molecular weight is 481 g/mol. The zero-order chi connectivity index (χ0) is 18.7. The van der Waals surface area contributed by atoms with Crippen LogP contribution in [0.2, 0.25) is 0 Å². The van der Waals surface area contributed by atoms with Gasteiger partial charge in [-0.05, 0) is 65.1 Å². The van der Waals surface area contributed by atoms with E-state index in [0.29, 0.717) is 24.2 Å². The molecule has 1 amide bonds. The molecular formula is C18H16IN3O3S. The summed E-state index contributed by atoms with van der Waals surface area (Å²) in [5.41, 5.74) is 1.03. The highest BCUT2D eigenvalue weighted by Crippen LogP contribution is 2.19. The first-order valence-corrected chi connectivity index (χ1v) is 10.5. The molecule has 1 aliphatic rings. The zero-order valence-electron chi connectivity index (χ0n) is 13.8. The number of carbonyl (C=O) groups is 1. The van der Waals surface area contributed by atoms with Crippen molar-refractivity contribution in [2.24, 2.45) is 0 Å². The largest absolute Gasteiger partial charge is 0.336 e. The highest BCUT2D eigenvalue weighted by molar-refractivity contribution is 14.1. The molecule has 1 aliphatic heterocycles. The van der Waals surface area contributed by atoms with Crippen LogP contribution in [-0.4, -0.2) is 49.7 Å². The lowest BCUT2D eigenvalue weighted by Gasteiger charge is -2.34. The Morgan fingerprint density at radius 3 is 2.27 bits per heavy atom. The van der Waals surface area contributed by atoms with Crippen LogP contribution in [0.25, 0.3) is 0 Å². The first-order chi connectivity index (χ1) is 12.4. The molecule has 2 aromatic rings. The van der Waals surface area contributed by atoms with E-state index in [4.69, 9.17) is 5.26 Å². The second-order valence-corrected chi connectivity index (χ2v) is 9.03. The molecule has 1 saturated heterocycles. The van der Waals surface area contributed by atoms with Crippen molar-refractivity contribution in [2.45, 2.75) is 4.90 Å². The van der Waals surface area contributed by atoms with Crippen molar-refractivity contribution in [1.82, 2.24) is 9.21 Å². The molecule has 1 fully saturated rings. The van der Waals surface area contributed by atoms with Crippen molar-refractivity contribution in [1.29, 1.82) is 5.26 Å². The van der Waals surface area contributed by atoms with Gasteiger partial charge >= 0.3 is 0 Å². The lowest BCUT2D eigenvalue weighted by atomic mass is 10.2. The Bertz CT molecular complexity index is 960. The number of sulfonamides is 1. The van der Waals surface area contributed by atoms with Gasteiger partial charge in [0.05, 0.1) is 16.5 Å². The van der Waals surface area contributed by atoms with E-state index in [9.17, 15) is 13.2 Å². The lowest BCUT2D eigenvalue weighted by molar-refractivity contribution is 0.0698. The van der Waals surface area contributed by atoms with Gasteiger partial charge in [-0.15, -0.1) is 0 Å². The fourth-order valence-corrected chi connectivity index (χ4v) is 4.75. The Kier molecular flexibility index (Phi) is 5.60. The van der Waals surface area contributed by atoms with Crippen molar-refractivity contribution >= 4 is 38.5 Å². The van der Waals surface area contributed by atoms with Gasteiger partial charge in [0, 0.05) is 35.3 Å². The minimum absolute atomic E-state index is 0.0843. The number of benzene rings is 2. The summed E-state index contributed by atoms with van der Waals surface area (Å²) in [4.78, 5) is 14.4. The molecular weight excluding hydrogens is 465 g/mol. The van der Waals surface area contributed by atoms with E-state index in [1.807, 2.05) is 24.3 Å². The van der Waals surface area contributed by atoms with E-state index in [1.165, 1.54) is 28.6 Å². The summed E-state index contributed by atoms with van der Waals surface area (Å²) in [5.74, 6) is -0.0843. The molecule has 2 aromatic carbocycles. The Labute approximate surface area is 166 Å². The monoisotopic (exact) mass is 481 g/mol. The lowest BCUT2D eigenvalue weighted by Crippen LogP contribution is -2.50. The van der Waals surface area contributed by atoms with Crippen LogP contribution in [0.4, 0.5) is 0 Å². The standard InChI is InChI=1S/C18H16IN3O3S/c19-16-3-1-2-15(12-16)18(23)21-8-10-22(11-9-21)26(24,25)17-6-4-14(13-20)5-7-17/h1-7,12H,8-11H2. The predicted octanol–water partition coefficient (Wildman–Crippen LogP) is 2.31. The number of nitrogens with zero attached hydrogens (tertiary/aromatic N) is 3. The molecule has 8 heteroatoms. The van der Waals surface area contributed by atoms with Crippen LogP contribution in [0.3, 0.4) is 0 Å². The van der Waals surface area contributed by atoms with Crippen LogP contribution in [0, 0.1) is 14.9 Å². The van der Waals surface area contributed by atoms with Crippen LogP contribution in [-0.2, 0) is 10.0 Å². The highest BCUT2D eigenvalue weighted by atomic mass is 127. The molecule has 0 radical (unpaired) electrons. The van der Waals surface area contributed by atoms with E-state index < -0.39 is 10.0 Å². The molecule has 3 rings (SSSR count). The molecule has 0 unspecified atom stereocenters. The Balaban J connectivity index is 1.69. The molecule has 0 aliphatic carbocycles. The number of hydrogen-bond acceptors (Lipinski definition) is 4. The summed E-state index contributed by atoms with van der Waals surface area (Å²) in [6.45, 7) is 1.19. The second kappa shape index (κ2) is 7.73. The van der Waals surface area contributed by atoms with Crippen molar-refractivity contribution in [3.05, 3.63) is 63.2 Å². The van der Waals surface area contributed by atoms with E-state index in [0.717, 1.165) is 3.57 Å². The van der Waals surface area contributed by atoms with E-state index in [2.05, 4.69) is 22.6 Å². The van der Waals surface area contributed by atoms with Crippen molar-refractivity contribution in [3.8, 4) is 6.07 Å². The fraction of sp³-hybridized carbons (Fsp3) is 0.222. The van der Waals surface area contributed by atoms with Gasteiger partial charge in [0.15, 0.2) is 0 Å². The minimum atomic E-state index is -3.62. The van der Waals surface area contributed by atoms with E-state index >= 15 is 0 Å². The molecule has 134 valence electrons. The zero-order valence-corrected chi connectivity index (χ0v) is 16.8. The van der Waals surface area contributed by atoms with Gasteiger partial charge in [-0.1, -0.05) is 6.07 Å². The Hall–Kier alpha value is -1.96. The molecule has 26 heavy (non-hydrogen) atoms. The quantitative estimate of drug-likeness (QED) is 0.631. The van der Waals surface area contributed by atoms with Crippen molar-refractivity contribution in [3.63, 3.8) is 0 Å². The third-order valence-corrected chi connectivity index (χ3v) is 6.80.